The van der Waals surface area contributed by atoms with Crippen molar-refractivity contribution >= 4 is 29.4 Å². The molecule has 0 saturated carbocycles. The summed E-state index contributed by atoms with van der Waals surface area (Å²) in [5, 5.41) is 4.03. The van der Waals surface area contributed by atoms with Crippen LogP contribution in [0.2, 0.25) is 0 Å². The van der Waals surface area contributed by atoms with Crippen LogP contribution >= 0.6 is 11.3 Å². The van der Waals surface area contributed by atoms with Gasteiger partial charge in [-0.2, -0.15) is 5.10 Å². The third kappa shape index (κ3) is 4.89. The maximum Gasteiger partial charge on any atom is 0.281 e. The molecule has 3 N–H and O–H groups in total. The maximum absolute atomic E-state index is 12.4. The number of carbonyl (C=O) groups is 2. The lowest BCUT2D eigenvalue weighted by Crippen LogP contribution is -2.20. The van der Waals surface area contributed by atoms with Gasteiger partial charge in [-0.3, -0.25) is 9.59 Å². The highest BCUT2D eigenvalue weighted by Crippen LogP contribution is 2.32. The monoisotopic (exact) mass is 401 g/mol. The number of hydrogen-bond acceptors (Lipinski definition) is 6. The van der Waals surface area contributed by atoms with Crippen molar-refractivity contribution in [3.8, 4) is 11.5 Å². The van der Waals surface area contributed by atoms with E-state index in [2.05, 4.69) is 17.5 Å². The second-order valence-corrected chi connectivity index (χ2v) is 7.91. The molecular formula is C20H23N3O4S. The molecule has 0 fully saturated rings. The molecule has 0 unspecified atom stereocenters. The summed E-state index contributed by atoms with van der Waals surface area (Å²) >= 11 is 1.55. The number of nitrogens with one attached hydrogen (secondary N) is 1. The summed E-state index contributed by atoms with van der Waals surface area (Å²) in [5.74, 6) is 0.732. The Bertz CT molecular complexity index is 907. The fraction of sp³-hybridized carbons (Fsp3) is 0.350. The van der Waals surface area contributed by atoms with Crippen LogP contribution in [-0.2, 0) is 17.6 Å². The van der Waals surface area contributed by atoms with Crippen LogP contribution in [0, 0.1) is 5.92 Å². The lowest BCUT2D eigenvalue weighted by Gasteiger charge is -2.16. The molecule has 7 nitrogen and oxygen atoms in total. The van der Waals surface area contributed by atoms with E-state index in [0.29, 0.717) is 27.9 Å². The van der Waals surface area contributed by atoms with Crippen LogP contribution in [0.4, 0.5) is 0 Å². The van der Waals surface area contributed by atoms with E-state index in [0.717, 1.165) is 12.8 Å². The van der Waals surface area contributed by atoms with Gasteiger partial charge < -0.3 is 15.2 Å². The molecule has 1 atom stereocenters. The number of nitrogens with two attached hydrogens (primary N) is 1. The summed E-state index contributed by atoms with van der Waals surface area (Å²) in [5.41, 5.74) is 9.64. The van der Waals surface area contributed by atoms with E-state index in [9.17, 15) is 9.59 Å². The van der Waals surface area contributed by atoms with E-state index in [1.807, 2.05) is 6.07 Å². The molecular weight excluding hydrogens is 378 g/mol. The molecule has 8 heteroatoms. The Kier molecular flexibility index (Phi) is 6.30. The van der Waals surface area contributed by atoms with Crippen LogP contribution in [-0.4, -0.2) is 31.7 Å². The van der Waals surface area contributed by atoms with E-state index in [1.165, 1.54) is 30.2 Å². The number of hydrazone groups is 1. The Balaban J connectivity index is 1.62. The van der Waals surface area contributed by atoms with Crippen LogP contribution in [0.1, 0.15) is 39.0 Å². The molecule has 2 amide bonds. The highest BCUT2D eigenvalue weighted by Gasteiger charge is 2.20. The minimum Gasteiger partial charge on any atom is -0.493 e. The van der Waals surface area contributed by atoms with Crippen molar-refractivity contribution in [2.45, 2.75) is 26.2 Å². The number of methoxy groups -OCH3 is 1. The van der Waals surface area contributed by atoms with E-state index in [1.54, 1.807) is 29.5 Å². The first-order chi connectivity index (χ1) is 13.5. The molecule has 0 bridgehead atoms. The highest BCUT2D eigenvalue weighted by molar-refractivity contribution is 7.14. The molecule has 0 aliphatic heterocycles. The summed E-state index contributed by atoms with van der Waals surface area (Å²) in [6, 6.07) is 7.06. The number of carbonyl (C=O) groups excluding carboxylic acids is 2. The topological polar surface area (TPSA) is 103 Å². The molecule has 2 aromatic rings. The predicted octanol–water partition coefficient (Wildman–Crippen LogP) is 2.51. The van der Waals surface area contributed by atoms with E-state index >= 15 is 0 Å². The second kappa shape index (κ2) is 8.88. The molecule has 0 saturated heterocycles. The molecule has 0 spiro atoms. The zero-order valence-electron chi connectivity index (χ0n) is 15.9. The second-order valence-electron chi connectivity index (χ2n) is 6.77. The van der Waals surface area contributed by atoms with Gasteiger partial charge in [0.05, 0.1) is 18.2 Å². The van der Waals surface area contributed by atoms with Gasteiger partial charge in [0.15, 0.2) is 18.1 Å². The summed E-state index contributed by atoms with van der Waals surface area (Å²) in [7, 11) is 1.49. The first kappa shape index (κ1) is 19.9. The summed E-state index contributed by atoms with van der Waals surface area (Å²) in [6.07, 6.45) is 4.77. The Hall–Kier alpha value is -2.87. The first-order valence-electron chi connectivity index (χ1n) is 9.00. The Morgan fingerprint density at radius 3 is 2.93 bits per heavy atom. The number of amides is 2. The van der Waals surface area contributed by atoms with Gasteiger partial charge >= 0.3 is 0 Å². The fourth-order valence-electron chi connectivity index (χ4n) is 3.07. The minimum absolute atomic E-state index is 0.211. The lowest BCUT2D eigenvalue weighted by molar-refractivity contribution is -0.119. The maximum atomic E-state index is 12.4. The van der Waals surface area contributed by atoms with Crippen LogP contribution < -0.4 is 20.6 Å². The zero-order valence-corrected chi connectivity index (χ0v) is 16.7. The molecule has 1 aromatic heterocycles. The van der Waals surface area contributed by atoms with Crippen molar-refractivity contribution in [2.75, 3.05) is 13.7 Å². The fourth-order valence-corrected chi connectivity index (χ4v) is 4.17. The molecule has 28 heavy (non-hydrogen) atoms. The molecule has 1 aromatic carbocycles. The van der Waals surface area contributed by atoms with Gasteiger partial charge in [-0.25, -0.2) is 5.43 Å². The van der Waals surface area contributed by atoms with Gasteiger partial charge in [-0.05, 0) is 60.6 Å². The van der Waals surface area contributed by atoms with Crippen LogP contribution in [0.3, 0.4) is 0 Å². The van der Waals surface area contributed by atoms with Gasteiger partial charge in [0.2, 0.25) is 0 Å². The largest absolute Gasteiger partial charge is 0.493 e. The third-order valence-electron chi connectivity index (χ3n) is 4.49. The van der Waals surface area contributed by atoms with Crippen molar-refractivity contribution in [1.29, 1.82) is 0 Å². The summed E-state index contributed by atoms with van der Waals surface area (Å²) < 4.78 is 10.5. The van der Waals surface area contributed by atoms with Crippen LogP contribution in [0.15, 0.2) is 29.4 Å². The molecule has 0 radical (unpaired) electrons. The van der Waals surface area contributed by atoms with Crippen molar-refractivity contribution in [3.63, 3.8) is 0 Å². The van der Waals surface area contributed by atoms with E-state index in [-0.39, 0.29) is 12.5 Å². The van der Waals surface area contributed by atoms with Gasteiger partial charge in [0, 0.05) is 4.88 Å². The summed E-state index contributed by atoms with van der Waals surface area (Å²) in [4.78, 5) is 25.2. The average Bonchev–Trinajstić information content (AvgIpc) is 3.09. The van der Waals surface area contributed by atoms with Gasteiger partial charge in [0.1, 0.15) is 0 Å². The number of nitrogens with zero attached hydrogens (tertiary/aromatic N) is 1. The minimum atomic E-state index is -0.569. The smallest absolute Gasteiger partial charge is 0.281 e. The van der Waals surface area contributed by atoms with Crippen LogP contribution in [0.25, 0.3) is 0 Å². The number of fused-ring (bicyclic) bond motifs is 1. The average molecular weight is 401 g/mol. The number of benzene rings is 1. The van der Waals surface area contributed by atoms with E-state index < -0.39 is 5.91 Å². The number of hydrogen-bond donors (Lipinski definition) is 2. The predicted molar refractivity (Wildman–Crippen MR) is 108 cm³/mol. The van der Waals surface area contributed by atoms with Crippen molar-refractivity contribution in [2.24, 2.45) is 16.8 Å². The van der Waals surface area contributed by atoms with Crippen molar-refractivity contribution in [1.82, 2.24) is 5.43 Å². The number of primary amides is 1. The number of thiophene rings is 1. The third-order valence-corrected chi connectivity index (χ3v) is 5.73. The Morgan fingerprint density at radius 1 is 1.36 bits per heavy atom. The Labute approximate surface area is 167 Å². The first-order valence-corrected chi connectivity index (χ1v) is 9.82. The van der Waals surface area contributed by atoms with Gasteiger partial charge in [-0.15, -0.1) is 11.3 Å². The molecule has 1 heterocycles. The molecule has 1 aliphatic carbocycles. The highest BCUT2D eigenvalue weighted by atomic mass is 32.1. The quantitative estimate of drug-likeness (QED) is 0.549. The van der Waals surface area contributed by atoms with Crippen molar-refractivity contribution in [3.05, 3.63) is 45.1 Å². The summed E-state index contributed by atoms with van der Waals surface area (Å²) in [6.45, 7) is 2.01. The lowest BCUT2D eigenvalue weighted by atomic mass is 9.90. The van der Waals surface area contributed by atoms with Gasteiger partial charge in [0.25, 0.3) is 11.8 Å². The van der Waals surface area contributed by atoms with Crippen LogP contribution in [0.5, 0.6) is 11.5 Å². The molecule has 148 valence electrons. The van der Waals surface area contributed by atoms with Gasteiger partial charge in [-0.1, -0.05) is 6.92 Å². The molecule has 3 rings (SSSR count). The zero-order chi connectivity index (χ0) is 20.1. The van der Waals surface area contributed by atoms with Crippen molar-refractivity contribution < 1.29 is 19.1 Å². The Morgan fingerprint density at radius 2 is 2.18 bits per heavy atom. The number of ether oxygens (including phenoxy) is 2. The molecule has 1 aliphatic rings. The number of rotatable bonds is 7. The normalized spacial score (nSPS) is 15.9. The van der Waals surface area contributed by atoms with E-state index in [4.69, 9.17) is 15.2 Å². The standard InChI is InChI=1S/C20H23N3O4S/c1-12-3-6-17-14(7-12)9-18(28-17)20(25)23-22-10-13-4-5-15(16(8-13)26-2)27-11-19(21)24/h4-5,8-10,12H,3,6-7,11H2,1-2H3,(H2,21,24)(H,23,25)/b22-10-/t12-/m1/s1. The SMILES string of the molecule is COc1cc(/C=N\NC(=O)c2cc3c(s2)CC[C@@H](C)C3)ccc1OCC(N)=O. The number of aryl methyl sites for hydroxylation is 1.